The SMILES string of the molecule is CCCCc1ccc(C(O)C(O)CN=[N+]=[N-])cc1. The van der Waals surface area contributed by atoms with Crippen molar-refractivity contribution in [2.24, 2.45) is 5.11 Å². The minimum absolute atomic E-state index is 0.130. The fourth-order valence-electron chi connectivity index (χ4n) is 1.70. The normalized spacial score (nSPS) is 13.7. The quantitative estimate of drug-likeness (QED) is 0.442. The number of rotatable bonds is 7. The Kier molecular flexibility index (Phi) is 6.22. The van der Waals surface area contributed by atoms with Crippen LogP contribution in [0.3, 0.4) is 0 Å². The summed E-state index contributed by atoms with van der Waals surface area (Å²) in [5, 5.41) is 22.7. The van der Waals surface area contributed by atoms with Crippen molar-refractivity contribution >= 4 is 0 Å². The summed E-state index contributed by atoms with van der Waals surface area (Å²) in [5.74, 6) is 0. The molecule has 0 saturated carbocycles. The number of hydrogen-bond acceptors (Lipinski definition) is 3. The van der Waals surface area contributed by atoms with Crippen molar-refractivity contribution in [3.05, 3.63) is 45.8 Å². The Labute approximate surface area is 107 Å². The van der Waals surface area contributed by atoms with Gasteiger partial charge in [-0.3, -0.25) is 0 Å². The van der Waals surface area contributed by atoms with Crippen LogP contribution < -0.4 is 0 Å². The molecule has 1 aromatic carbocycles. The summed E-state index contributed by atoms with van der Waals surface area (Å²) in [5.41, 5.74) is 10.0. The summed E-state index contributed by atoms with van der Waals surface area (Å²) in [4.78, 5) is 2.55. The molecule has 98 valence electrons. The number of unbranched alkanes of at least 4 members (excludes halogenated alkanes) is 1. The molecule has 1 rings (SSSR count). The van der Waals surface area contributed by atoms with Gasteiger partial charge in [0.25, 0.3) is 0 Å². The molecule has 2 N–H and O–H groups in total. The van der Waals surface area contributed by atoms with E-state index in [1.54, 1.807) is 12.1 Å². The molecule has 2 unspecified atom stereocenters. The van der Waals surface area contributed by atoms with Crippen LogP contribution in [-0.4, -0.2) is 22.9 Å². The van der Waals surface area contributed by atoms with E-state index in [-0.39, 0.29) is 6.54 Å². The lowest BCUT2D eigenvalue weighted by Crippen LogP contribution is -2.21. The second-order valence-electron chi connectivity index (χ2n) is 4.27. The van der Waals surface area contributed by atoms with Crippen LogP contribution in [0.25, 0.3) is 10.4 Å². The monoisotopic (exact) mass is 249 g/mol. The van der Waals surface area contributed by atoms with Gasteiger partial charge in [-0.25, -0.2) is 0 Å². The molecule has 0 spiro atoms. The zero-order valence-corrected chi connectivity index (χ0v) is 10.5. The number of hydrogen-bond donors (Lipinski definition) is 2. The van der Waals surface area contributed by atoms with E-state index in [0.717, 1.165) is 19.3 Å². The topological polar surface area (TPSA) is 89.2 Å². The predicted octanol–water partition coefficient (Wildman–Crippen LogP) is 2.73. The Bertz CT molecular complexity index is 399. The fraction of sp³-hybridized carbons (Fsp3) is 0.538. The van der Waals surface area contributed by atoms with Crippen LogP contribution in [0, 0.1) is 0 Å². The van der Waals surface area contributed by atoms with Crippen molar-refractivity contribution in [2.75, 3.05) is 6.54 Å². The summed E-state index contributed by atoms with van der Waals surface area (Å²) >= 11 is 0. The summed E-state index contributed by atoms with van der Waals surface area (Å²) < 4.78 is 0. The van der Waals surface area contributed by atoms with E-state index < -0.39 is 12.2 Å². The fourth-order valence-corrected chi connectivity index (χ4v) is 1.70. The molecule has 0 heterocycles. The third-order valence-corrected chi connectivity index (χ3v) is 2.84. The van der Waals surface area contributed by atoms with E-state index in [1.165, 1.54) is 5.56 Å². The van der Waals surface area contributed by atoms with E-state index in [0.29, 0.717) is 5.56 Å². The molecule has 0 aliphatic rings. The first kappa shape index (κ1) is 14.5. The van der Waals surface area contributed by atoms with Gasteiger partial charge >= 0.3 is 0 Å². The first-order valence-corrected chi connectivity index (χ1v) is 6.14. The van der Waals surface area contributed by atoms with Gasteiger partial charge in [-0.2, -0.15) is 0 Å². The lowest BCUT2D eigenvalue weighted by atomic mass is 10.0. The molecular formula is C13H19N3O2. The third kappa shape index (κ3) is 4.37. The number of azide groups is 1. The van der Waals surface area contributed by atoms with Gasteiger partial charge in [-0.1, -0.05) is 42.7 Å². The summed E-state index contributed by atoms with van der Waals surface area (Å²) in [7, 11) is 0. The van der Waals surface area contributed by atoms with Gasteiger partial charge in [-0.15, -0.1) is 0 Å². The van der Waals surface area contributed by atoms with Gasteiger partial charge < -0.3 is 10.2 Å². The number of aliphatic hydroxyl groups is 2. The smallest absolute Gasteiger partial charge is 0.105 e. The predicted molar refractivity (Wildman–Crippen MR) is 70.0 cm³/mol. The largest absolute Gasteiger partial charge is 0.390 e. The molecule has 5 nitrogen and oxygen atoms in total. The highest BCUT2D eigenvalue weighted by molar-refractivity contribution is 5.25. The lowest BCUT2D eigenvalue weighted by molar-refractivity contribution is 0.0244. The summed E-state index contributed by atoms with van der Waals surface area (Å²) in [6.07, 6.45) is 1.23. The maximum absolute atomic E-state index is 9.85. The Morgan fingerprint density at radius 3 is 2.50 bits per heavy atom. The molecule has 0 aliphatic heterocycles. The Morgan fingerprint density at radius 1 is 1.28 bits per heavy atom. The van der Waals surface area contributed by atoms with Crippen LogP contribution in [-0.2, 0) is 6.42 Å². The molecule has 0 radical (unpaired) electrons. The first-order valence-electron chi connectivity index (χ1n) is 6.14. The lowest BCUT2D eigenvalue weighted by Gasteiger charge is -2.16. The van der Waals surface area contributed by atoms with Crippen LogP contribution in [0.4, 0.5) is 0 Å². The third-order valence-electron chi connectivity index (χ3n) is 2.84. The van der Waals surface area contributed by atoms with E-state index >= 15 is 0 Å². The molecule has 0 amide bonds. The Morgan fingerprint density at radius 2 is 1.94 bits per heavy atom. The van der Waals surface area contributed by atoms with E-state index in [1.807, 2.05) is 12.1 Å². The standard InChI is InChI=1S/C13H19N3O2/c1-2-3-4-10-5-7-11(8-6-10)13(18)12(17)9-15-16-14/h5-8,12-13,17-18H,2-4,9H2,1H3. The molecule has 0 aliphatic carbocycles. The highest BCUT2D eigenvalue weighted by Gasteiger charge is 2.17. The molecule has 18 heavy (non-hydrogen) atoms. The zero-order chi connectivity index (χ0) is 13.4. The summed E-state index contributed by atoms with van der Waals surface area (Å²) in [6.45, 7) is 2.01. The van der Waals surface area contributed by atoms with Crippen molar-refractivity contribution in [1.82, 2.24) is 0 Å². The minimum Gasteiger partial charge on any atom is -0.390 e. The first-order chi connectivity index (χ1) is 8.69. The molecule has 5 heteroatoms. The van der Waals surface area contributed by atoms with Crippen molar-refractivity contribution in [3.63, 3.8) is 0 Å². The second kappa shape index (κ2) is 7.71. The second-order valence-corrected chi connectivity index (χ2v) is 4.27. The Hall–Kier alpha value is -1.55. The minimum atomic E-state index is -1.07. The van der Waals surface area contributed by atoms with Crippen molar-refractivity contribution in [2.45, 2.75) is 38.4 Å². The van der Waals surface area contributed by atoms with Gasteiger partial charge in [0.05, 0.1) is 12.6 Å². The molecule has 2 atom stereocenters. The van der Waals surface area contributed by atoms with Crippen molar-refractivity contribution < 1.29 is 10.2 Å². The van der Waals surface area contributed by atoms with Crippen LogP contribution in [0.5, 0.6) is 0 Å². The van der Waals surface area contributed by atoms with Crippen LogP contribution >= 0.6 is 0 Å². The highest BCUT2D eigenvalue weighted by Crippen LogP contribution is 2.18. The average Bonchev–Trinajstić information content (AvgIpc) is 2.42. The van der Waals surface area contributed by atoms with Crippen LogP contribution in [0.15, 0.2) is 29.4 Å². The molecule has 0 bridgehead atoms. The van der Waals surface area contributed by atoms with Crippen molar-refractivity contribution in [1.29, 1.82) is 0 Å². The number of nitrogens with zero attached hydrogens (tertiary/aromatic N) is 3. The molecule has 0 aromatic heterocycles. The van der Waals surface area contributed by atoms with E-state index in [2.05, 4.69) is 16.9 Å². The van der Waals surface area contributed by atoms with E-state index in [4.69, 9.17) is 5.53 Å². The number of benzene rings is 1. The van der Waals surface area contributed by atoms with Gasteiger partial charge in [0.15, 0.2) is 0 Å². The van der Waals surface area contributed by atoms with Crippen molar-refractivity contribution in [3.8, 4) is 0 Å². The maximum Gasteiger partial charge on any atom is 0.105 e. The summed E-state index contributed by atoms with van der Waals surface area (Å²) in [6, 6.07) is 7.51. The number of aliphatic hydroxyl groups excluding tert-OH is 2. The molecule has 0 fully saturated rings. The van der Waals surface area contributed by atoms with Crippen LogP contribution in [0.1, 0.15) is 37.0 Å². The van der Waals surface area contributed by atoms with Crippen LogP contribution in [0.2, 0.25) is 0 Å². The van der Waals surface area contributed by atoms with E-state index in [9.17, 15) is 10.2 Å². The number of aryl methyl sites for hydroxylation is 1. The molecule has 0 saturated heterocycles. The molecular weight excluding hydrogens is 230 g/mol. The average molecular weight is 249 g/mol. The van der Waals surface area contributed by atoms with Gasteiger partial charge in [0.1, 0.15) is 6.10 Å². The highest BCUT2D eigenvalue weighted by atomic mass is 16.3. The zero-order valence-electron chi connectivity index (χ0n) is 10.5. The Balaban J connectivity index is 2.63. The maximum atomic E-state index is 9.85. The van der Waals surface area contributed by atoms with Gasteiger partial charge in [0.2, 0.25) is 0 Å². The molecule has 1 aromatic rings. The van der Waals surface area contributed by atoms with Gasteiger partial charge in [-0.05, 0) is 29.5 Å². The van der Waals surface area contributed by atoms with Gasteiger partial charge in [0, 0.05) is 4.91 Å².